The van der Waals surface area contributed by atoms with Crippen LogP contribution in [0.3, 0.4) is 0 Å². The van der Waals surface area contributed by atoms with Gasteiger partial charge >= 0.3 is 0 Å². The monoisotopic (exact) mass is 480 g/mol. The number of fused-ring (bicyclic) bond motifs is 2. The van der Waals surface area contributed by atoms with Crippen molar-refractivity contribution in [1.29, 1.82) is 0 Å². The summed E-state index contributed by atoms with van der Waals surface area (Å²) in [5.41, 5.74) is 2.82. The first kappa shape index (κ1) is 19.1. The van der Waals surface area contributed by atoms with Crippen LogP contribution >= 0.6 is 27.3 Å². The van der Waals surface area contributed by atoms with Crippen molar-refractivity contribution in [2.45, 2.75) is 13.0 Å². The number of nitrogens with zero attached hydrogens (tertiary/aromatic N) is 2. The van der Waals surface area contributed by atoms with E-state index in [1.54, 1.807) is 4.90 Å². The number of ether oxygens (including phenoxy) is 2. The molecule has 0 saturated carbocycles. The summed E-state index contributed by atoms with van der Waals surface area (Å²) >= 11 is 5.02. The van der Waals surface area contributed by atoms with Gasteiger partial charge in [0.15, 0.2) is 16.6 Å². The van der Waals surface area contributed by atoms with Crippen LogP contribution in [-0.4, -0.2) is 17.7 Å². The zero-order valence-corrected chi connectivity index (χ0v) is 18.3. The summed E-state index contributed by atoms with van der Waals surface area (Å²) in [6.45, 7) is 0.680. The second-order valence-corrected chi connectivity index (χ2v) is 8.86. The fourth-order valence-corrected chi connectivity index (χ4v) is 4.89. The Hall–Kier alpha value is -2.90. The van der Waals surface area contributed by atoms with Crippen LogP contribution in [0.15, 0.2) is 71.2 Å². The van der Waals surface area contributed by atoms with E-state index >= 15 is 0 Å². The van der Waals surface area contributed by atoms with Crippen LogP contribution < -0.4 is 14.4 Å². The van der Waals surface area contributed by atoms with Crippen molar-refractivity contribution in [3.63, 3.8) is 0 Å². The number of carbonyl (C=O) groups is 1. The Bertz CT molecular complexity index is 1230. The Morgan fingerprint density at radius 3 is 2.70 bits per heavy atom. The maximum absolute atomic E-state index is 13.4. The standard InChI is InChI=1S/C23H17BrN2O3S/c24-17-7-8-18-21(12-17)30-23(25-18)26(13-15-4-2-1-3-5-15)22(27)11-16-6-9-19-20(10-16)29-14-28-19/h1-10,12H,11,13-14H2. The number of carbonyl (C=O) groups excluding carboxylic acids is 1. The van der Waals surface area contributed by atoms with Crippen molar-refractivity contribution in [2.75, 3.05) is 11.7 Å². The molecule has 1 aliphatic rings. The first-order valence-electron chi connectivity index (χ1n) is 9.45. The summed E-state index contributed by atoms with van der Waals surface area (Å²) in [5, 5.41) is 0.692. The van der Waals surface area contributed by atoms with Gasteiger partial charge in [-0.25, -0.2) is 4.98 Å². The van der Waals surface area contributed by atoms with Crippen LogP contribution in [0.25, 0.3) is 10.2 Å². The van der Waals surface area contributed by atoms with Gasteiger partial charge in [-0.15, -0.1) is 0 Å². The van der Waals surface area contributed by atoms with Crippen LogP contribution in [0.2, 0.25) is 0 Å². The molecule has 0 N–H and O–H groups in total. The molecule has 0 unspecified atom stereocenters. The molecule has 5 nitrogen and oxygen atoms in total. The van der Waals surface area contributed by atoms with Crippen LogP contribution in [0.5, 0.6) is 11.5 Å². The number of halogens is 1. The van der Waals surface area contributed by atoms with E-state index in [1.807, 2.05) is 66.7 Å². The summed E-state index contributed by atoms with van der Waals surface area (Å²) in [4.78, 5) is 19.9. The molecular weight excluding hydrogens is 464 g/mol. The van der Waals surface area contributed by atoms with E-state index in [4.69, 9.17) is 14.5 Å². The minimum Gasteiger partial charge on any atom is -0.454 e. The fraction of sp³-hybridized carbons (Fsp3) is 0.130. The van der Waals surface area contributed by atoms with Crippen LogP contribution in [0.1, 0.15) is 11.1 Å². The van der Waals surface area contributed by atoms with Crippen LogP contribution in [-0.2, 0) is 17.8 Å². The van der Waals surface area contributed by atoms with E-state index in [-0.39, 0.29) is 19.1 Å². The molecule has 0 bridgehead atoms. The van der Waals surface area contributed by atoms with Crippen molar-refractivity contribution in [2.24, 2.45) is 0 Å². The molecule has 1 amide bonds. The van der Waals surface area contributed by atoms with E-state index < -0.39 is 0 Å². The minimum atomic E-state index is -0.0177. The molecule has 30 heavy (non-hydrogen) atoms. The molecule has 3 aromatic carbocycles. The lowest BCUT2D eigenvalue weighted by molar-refractivity contribution is -0.118. The number of thiazole rings is 1. The van der Waals surface area contributed by atoms with E-state index in [0.29, 0.717) is 23.2 Å². The molecule has 2 heterocycles. The highest BCUT2D eigenvalue weighted by molar-refractivity contribution is 9.10. The molecule has 0 fully saturated rings. The first-order valence-corrected chi connectivity index (χ1v) is 11.1. The third-order valence-corrected chi connectivity index (χ3v) is 6.38. The smallest absolute Gasteiger partial charge is 0.233 e. The van der Waals surface area contributed by atoms with Crippen molar-refractivity contribution in [1.82, 2.24) is 4.98 Å². The molecule has 7 heteroatoms. The summed E-state index contributed by atoms with van der Waals surface area (Å²) in [5.74, 6) is 1.37. The van der Waals surface area contributed by atoms with E-state index in [1.165, 1.54) is 11.3 Å². The minimum absolute atomic E-state index is 0.0177. The van der Waals surface area contributed by atoms with Crippen molar-refractivity contribution in [3.8, 4) is 11.5 Å². The van der Waals surface area contributed by atoms with Gasteiger partial charge in [-0.2, -0.15) is 0 Å². The molecule has 1 aromatic heterocycles. The summed E-state index contributed by atoms with van der Waals surface area (Å²) in [6, 6.07) is 21.5. The van der Waals surface area contributed by atoms with Gasteiger partial charge in [-0.05, 0) is 41.5 Å². The molecule has 0 radical (unpaired) electrons. The molecule has 0 saturated heterocycles. The molecule has 4 aromatic rings. The second-order valence-electron chi connectivity index (χ2n) is 6.94. The highest BCUT2D eigenvalue weighted by Crippen LogP contribution is 2.34. The van der Waals surface area contributed by atoms with Gasteiger partial charge in [-0.1, -0.05) is 63.7 Å². The Kier molecular flexibility index (Phi) is 5.14. The predicted octanol–water partition coefficient (Wildman–Crippen LogP) is 5.56. The molecule has 150 valence electrons. The summed E-state index contributed by atoms with van der Waals surface area (Å²) in [7, 11) is 0. The van der Waals surface area contributed by atoms with Gasteiger partial charge in [0.05, 0.1) is 23.2 Å². The molecule has 0 aliphatic carbocycles. The topological polar surface area (TPSA) is 51.7 Å². The number of hydrogen-bond acceptors (Lipinski definition) is 5. The lowest BCUT2D eigenvalue weighted by Crippen LogP contribution is -2.31. The Labute approximate surface area is 186 Å². The average Bonchev–Trinajstić information content (AvgIpc) is 3.38. The third kappa shape index (κ3) is 3.91. The Balaban J connectivity index is 1.47. The maximum atomic E-state index is 13.4. The number of benzene rings is 3. The number of amides is 1. The number of anilines is 1. The second kappa shape index (κ2) is 8.08. The first-order chi connectivity index (χ1) is 14.7. The molecule has 1 aliphatic heterocycles. The van der Waals surface area contributed by atoms with E-state index in [2.05, 4.69) is 15.9 Å². The lowest BCUT2D eigenvalue weighted by Gasteiger charge is -2.20. The van der Waals surface area contributed by atoms with Crippen LogP contribution in [0, 0.1) is 0 Å². The highest BCUT2D eigenvalue weighted by atomic mass is 79.9. The van der Waals surface area contributed by atoms with Crippen LogP contribution in [0.4, 0.5) is 5.13 Å². The number of aromatic nitrogens is 1. The molecule has 5 rings (SSSR count). The van der Waals surface area contributed by atoms with Gasteiger partial charge < -0.3 is 9.47 Å². The third-order valence-electron chi connectivity index (χ3n) is 4.85. The SMILES string of the molecule is O=C(Cc1ccc2c(c1)OCO2)N(Cc1ccccc1)c1nc2ccc(Br)cc2s1. The van der Waals surface area contributed by atoms with E-state index in [0.717, 1.165) is 25.8 Å². The maximum Gasteiger partial charge on any atom is 0.233 e. The molecule has 0 atom stereocenters. The lowest BCUT2D eigenvalue weighted by atomic mass is 10.1. The fourth-order valence-electron chi connectivity index (χ4n) is 3.35. The zero-order chi connectivity index (χ0) is 20.5. The highest BCUT2D eigenvalue weighted by Gasteiger charge is 2.22. The van der Waals surface area contributed by atoms with Crippen molar-refractivity contribution in [3.05, 3.63) is 82.3 Å². The summed E-state index contributed by atoms with van der Waals surface area (Å²) < 4.78 is 12.8. The molecular formula is C23H17BrN2O3S. The predicted molar refractivity (Wildman–Crippen MR) is 121 cm³/mol. The average molecular weight is 481 g/mol. The Morgan fingerprint density at radius 2 is 1.83 bits per heavy atom. The van der Waals surface area contributed by atoms with Gasteiger partial charge in [0.2, 0.25) is 12.7 Å². The zero-order valence-electron chi connectivity index (χ0n) is 15.9. The number of hydrogen-bond donors (Lipinski definition) is 0. The largest absolute Gasteiger partial charge is 0.454 e. The van der Waals surface area contributed by atoms with E-state index in [9.17, 15) is 4.79 Å². The Morgan fingerprint density at radius 1 is 1.00 bits per heavy atom. The van der Waals surface area contributed by atoms with Gasteiger partial charge in [0.1, 0.15) is 0 Å². The van der Waals surface area contributed by atoms with Gasteiger partial charge in [0, 0.05) is 4.47 Å². The quantitative estimate of drug-likeness (QED) is 0.375. The van der Waals surface area contributed by atoms with Gasteiger partial charge in [0.25, 0.3) is 0 Å². The van der Waals surface area contributed by atoms with Crippen molar-refractivity contribution >= 4 is 48.5 Å². The van der Waals surface area contributed by atoms with Crippen molar-refractivity contribution < 1.29 is 14.3 Å². The molecule has 0 spiro atoms. The number of rotatable bonds is 5. The van der Waals surface area contributed by atoms with Gasteiger partial charge in [-0.3, -0.25) is 9.69 Å². The normalized spacial score (nSPS) is 12.3. The summed E-state index contributed by atoms with van der Waals surface area (Å²) in [6.07, 6.45) is 0.253.